The summed E-state index contributed by atoms with van der Waals surface area (Å²) < 4.78 is 10.9. The first kappa shape index (κ1) is 15.9. The van der Waals surface area contributed by atoms with E-state index in [0.29, 0.717) is 25.3 Å². The number of aryl methyl sites for hydroxylation is 1. The lowest BCUT2D eigenvalue weighted by Gasteiger charge is -2.40. The molecule has 7 heteroatoms. The van der Waals surface area contributed by atoms with E-state index in [9.17, 15) is 4.79 Å². The molecule has 2 aromatic rings. The number of nitrogens with one attached hydrogen (secondary N) is 1. The van der Waals surface area contributed by atoms with Crippen LogP contribution in [-0.2, 0) is 17.8 Å². The predicted octanol–water partition coefficient (Wildman–Crippen LogP) is 2.21. The zero-order valence-electron chi connectivity index (χ0n) is 14.5. The highest BCUT2D eigenvalue weighted by atomic mass is 16.7. The van der Waals surface area contributed by atoms with Gasteiger partial charge in [0, 0.05) is 13.0 Å². The molecule has 0 unspecified atom stereocenters. The van der Waals surface area contributed by atoms with Crippen LogP contribution in [0.15, 0.2) is 18.2 Å². The van der Waals surface area contributed by atoms with Gasteiger partial charge in [0.2, 0.25) is 12.7 Å². The Bertz CT molecular complexity index is 803. The molecule has 0 spiro atoms. The molecular weight excluding hydrogens is 320 g/mol. The van der Waals surface area contributed by atoms with Gasteiger partial charge in [-0.05, 0) is 42.9 Å². The van der Waals surface area contributed by atoms with E-state index in [1.54, 1.807) is 0 Å². The van der Waals surface area contributed by atoms with Gasteiger partial charge >= 0.3 is 0 Å². The van der Waals surface area contributed by atoms with Gasteiger partial charge in [0.05, 0.1) is 6.54 Å². The lowest BCUT2D eigenvalue weighted by Crippen LogP contribution is -2.45. The van der Waals surface area contributed by atoms with E-state index in [1.807, 2.05) is 24.0 Å². The molecule has 3 heterocycles. The summed E-state index contributed by atoms with van der Waals surface area (Å²) >= 11 is 0. The number of rotatable bonds is 4. The van der Waals surface area contributed by atoms with Crippen LogP contribution in [0, 0.1) is 12.3 Å². The Morgan fingerprint density at radius 1 is 1.32 bits per heavy atom. The molecule has 4 rings (SSSR count). The number of nitrogens with zero attached hydrogens (tertiary/aromatic N) is 3. The Hall–Kier alpha value is -2.57. The summed E-state index contributed by atoms with van der Waals surface area (Å²) in [5.41, 5.74) is 1.22. The smallest absolute Gasteiger partial charge is 0.231 e. The van der Waals surface area contributed by atoms with Gasteiger partial charge in [0.15, 0.2) is 17.3 Å². The summed E-state index contributed by atoms with van der Waals surface area (Å²) in [6, 6.07) is 6.09. The number of H-pyrrole nitrogens is 1. The van der Waals surface area contributed by atoms with Crippen molar-refractivity contribution in [3.05, 3.63) is 35.4 Å². The number of carbonyl (C=O) groups is 1. The van der Waals surface area contributed by atoms with Crippen molar-refractivity contribution in [2.75, 3.05) is 13.3 Å². The monoisotopic (exact) mass is 342 g/mol. The van der Waals surface area contributed by atoms with Crippen LogP contribution in [-0.4, -0.2) is 39.3 Å². The number of hydrogen-bond acceptors (Lipinski definition) is 5. The number of carbonyl (C=O) groups excluding carboxylic acids is 1. The van der Waals surface area contributed by atoms with Crippen LogP contribution in [0.3, 0.4) is 0 Å². The van der Waals surface area contributed by atoms with Gasteiger partial charge in [-0.3, -0.25) is 9.89 Å². The topological polar surface area (TPSA) is 80.3 Å². The molecule has 1 saturated heterocycles. The molecular formula is C18H22N4O3. The van der Waals surface area contributed by atoms with Gasteiger partial charge in [-0.25, -0.2) is 4.98 Å². The fraction of sp³-hybridized carbons (Fsp3) is 0.500. The van der Waals surface area contributed by atoms with Crippen molar-refractivity contribution >= 4 is 5.91 Å². The molecule has 1 fully saturated rings. The van der Waals surface area contributed by atoms with E-state index in [2.05, 4.69) is 28.2 Å². The minimum absolute atomic E-state index is 0.0208. The number of piperidine rings is 1. The van der Waals surface area contributed by atoms with Crippen LogP contribution in [0.2, 0.25) is 0 Å². The van der Waals surface area contributed by atoms with E-state index in [0.717, 1.165) is 30.2 Å². The fourth-order valence-electron chi connectivity index (χ4n) is 3.66. The highest BCUT2D eigenvalue weighted by Crippen LogP contribution is 2.38. The lowest BCUT2D eigenvalue weighted by molar-refractivity contribution is -0.138. The normalized spacial score (nSPS) is 22.5. The molecule has 0 bridgehead atoms. The quantitative estimate of drug-likeness (QED) is 0.921. The maximum Gasteiger partial charge on any atom is 0.231 e. The SMILES string of the molecule is Cc1nc(CN2C[C@](C)(Cc3ccc4c(c3)OCO4)CCC2=O)n[nH]1. The van der Waals surface area contributed by atoms with Crippen LogP contribution < -0.4 is 9.47 Å². The Morgan fingerprint density at radius 3 is 2.96 bits per heavy atom. The van der Waals surface area contributed by atoms with Crippen molar-refractivity contribution in [3.63, 3.8) is 0 Å². The number of likely N-dealkylation sites (tertiary alicyclic amines) is 1. The first-order valence-electron chi connectivity index (χ1n) is 8.55. The molecule has 0 aliphatic carbocycles. The van der Waals surface area contributed by atoms with Gasteiger partial charge in [-0.15, -0.1) is 0 Å². The summed E-state index contributed by atoms with van der Waals surface area (Å²) in [7, 11) is 0. The molecule has 1 N–H and O–H groups in total. The third-order valence-electron chi connectivity index (χ3n) is 4.91. The standard InChI is InChI=1S/C18H22N4O3/c1-12-19-16(21-20-12)9-22-10-18(2,6-5-17(22)23)8-13-3-4-14-15(7-13)25-11-24-14/h3-4,7H,5-6,8-11H2,1-2H3,(H,19,20,21)/t18-/m0/s1. The van der Waals surface area contributed by atoms with Crippen molar-refractivity contribution in [1.29, 1.82) is 0 Å². The zero-order chi connectivity index (χ0) is 17.4. The van der Waals surface area contributed by atoms with Crippen molar-refractivity contribution in [2.24, 2.45) is 5.41 Å². The average molecular weight is 342 g/mol. The molecule has 2 aliphatic heterocycles. The number of aromatic nitrogens is 3. The number of benzene rings is 1. The van der Waals surface area contributed by atoms with E-state index >= 15 is 0 Å². The van der Waals surface area contributed by atoms with Crippen molar-refractivity contribution in [3.8, 4) is 11.5 Å². The molecule has 1 atom stereocenters. The predicted molar refractivity (Wildman–Crippen MR) is 90.1 cm³/mol. The minimum Gasteiger partial charge on any atom is -0.454 e. The van der Waals surface area contributed by atoms with E-state index < -0.39 is 0 Å². The zero-order valence-corrected chi connectivity index (χ0v) is 14.5. The summed E-state index contributed by atoms with van der Waals surface area (Å²) in [5, 5.41) is 6.99. The van der Waals surface area contributed by atoms with Gasteiger partial charge in [-0.1, -0.05) is 13.0 Å². The second kappa shape index (κ2) is 6.06. The van der Waals surface area contributed by atoms with Crippen molar-refractivity contribution in [2.45, 2.75) is 39.7 Å². The second-order valence-electron chi connectivity index (χ2n) is 7.26. The Balaban J connectivity index is 1.48. The number of amides is 1. The molecule has 132 valence electrons. The summed E-state index contributed by atoms with van der Waals surface area (Å²) in [6.07, 6.45) is 2.33. The first-order valence-corrected chi connectivity index (χ1v) is 8.55. The first-order chi connectivity index (χ1) is 12.0. The van der Waals surface area contributed by atoms with Gasteiger partial charge in [-0.2, -0.15) is 5.10 Å². The highest BCUT2D eigenvalue weighted by Gasteiger charge is 2.35. The third kappa shape index (κ3) is 3.31. The molecule has 0 radical (unpaired) electrons. The maximum absolute atomic E-state index is 12.3. The lowest BCUT2D eigenvalue weighted by atomic mass is 9.76. The highest BCUT2D eigenvalue weighted by molar-refractivity contribution is 5.77. The Morgan fingerprint density at radius 2 is 2.16 bits per heavy atom. The van der Waals surface area contributed by atoms with Gasteiger partial charge in [0.1, 0.15) is 5.82 Å². The largest absolute Gasteiger partial charge is 0.454 e. The molecule has 1 aromatic heterocycles. The molecule has 7 nitrogen and oxygen atoms in total. The summed E-state index contributed by atoms with van der Waals surface area (Å²) in [4.78, 5) is 18.5. The molecule has 1 amide bonds. The summed E-state index contributed by atoms with van der Waals surface area (Å²) in [6.45, 7) is 5.54. The Kier molecular flexibility index (Phi) is 3.86. The molecule has 0 saturated carbocycles. The Labute approximate surface area is 146 Å². The van der Waals surface area contributed by atoms with Crippen molar-refractivity contribution in [1.82, 2.24) is 20.1 Å². The third-order valence-corrected chi connectivity index (χ3v) is 4.91. The maximum atomic E-state index is 12.3. The van der Waals surface area contributed by atoms with Crippen LogP contribution in [0.1, 0.15) is 37.0 Å². The summed E-state index contributed by atoms with van der Waals surface area (Å²) in [5.74, 6) is 3.21. The van der Waals surface area contributed by atoms with E-state index in [1.165, 1.54) is 5.56 Å². The van der Waals surface area contributed by atoms with Gasteiger partial charge < -0.3 is 14.4 Å². The minimum atomic E-state index is 0.0208. The van der Waals surface area contributed by atoms with Gasteiger partial charge in [0.25, 0.3) is 0 Å². The van der Waals surface area contributed by atoms with E-state index in [4.69, 9.17) is 9.47 Å². The van der Waals surface area contributed by atoms with Crippen LogP contribution in [0.5, 0.6) is 11.5 Å². The van der Waals surface area contributed by atoms with Crippen molar-refractivity contribution < 1.29 is 14.3 Å². The number of ether oxygens (including phenoxy) is 2. The number of hydrogen-bond donors (Lipinski definition) is 1. The molecule has 2 aliphatic rings. The fourth-order valence-corrected chi connectivity index (χ4v) is 3.66. The average Bonchev–Trinajstić information content (AvgIpc) is 3.19. The number of fused-ring (bicyclic) bond motifs is 1. The second-order valence-corrected chi connectivity index (χ2v) is 7.26. The molecule has 1 aromatic carbocycles. The van der Waals surface area contributed by atoms with Crippen LogP contribution in [0.4, 0.5) is 0 Å². The van der Waals surface area contributed by atoms with Crippen LogP contribution in [0.25, 0.3) is 0 Å². The van der Waals surface area contributed by atoms with Crippen LogP contribution >= 0.6 is 0 Å². The van der Waals surface area contributed by atoms with E-state index in [-0.39, 0.29) is 18.1 Å². The number of aromatic amines is 1. The molecule has 25 heavy (non-hydrogen) atoms.